The Kier molecular flexibility index (Phi) is 4.53. The SMILES string of the molecule is CCOC(=O)c1ccc(NC(=O)[B]N)cc1. The molecule has 0 aliphatic carbocycles. The first kappa shape index (κ1) is 12.3. The van der Waals surface area contributed by atoms with Crippen molar-refractivity contribution in [2.45, 2.75) is 6.92 Å². The number of rotatable bonds is 4. The second-order valence-corrected chi connectivity index (χ2v) is 2.95. The molecule has 0 spiro atoms. The van der Waals surface area contributed by atoms with E-state index >= 15 is 0 Å². The summed E-state index contributed by atoms with van der Waals surface area (Å²) in [7, 11) is 0.930. The maximum absolute atomic E-state index is 11.3. The molecule has 0 aliphatic rings. The number of nitrogens with two attached hydrogens (primary N) is 1. The van der Waals surface area contributed by atoms with E-state index in [9.17, 15) is 9.59 Å². The third kappa shape index (κ3) is 3.40. The second-order valence-electron chi connectivity index (χ2n) is 2.95. The van der Waals surface area contributed by atoms with E-state index in [0.29, 0.717) is 17.9 Å². The zero-order chi connectivity index (χ0) is 12.0. The summed E-state index contributed by atoms with van der Waals surface area (Å²) in [6.45, 7) is 2.07. The van der Waals surface area contributed by atoms with Gasteiger partial charge in [-0.05, 0) is 31.2 Å². The van der Waals surface area contributed by atoms with Gasteiger partial charge in [0.15, 0.2) is 5.81 Å². The molecular formula is C10H12BN2O3. The van der Waals surface area contributed by atoms with E-state index in [-0.39, 0.29) is 5.97 Å². The van der Waals surface area contributed by atoms with E-state index in [2.05, 4.69) is 5.32 Å². The summed E-state index contributed by atoms with van der Waals surface area (Å²) in [5.41, 5.74) is 6.04. The lowest BCUT2D eigenvalue weighted by Crippen LogP contribution is -2.24. The Bertz CT molecular complexity index is 378. The van der Waals surface area contributed by atoms with Crippen LogP contribution >= 0.6 is 0 Å². The van der Waals surface area contributed by atoms with Crippen molar-refractivity contribution in [3.8, 4) is 0 Å². The molecule has 0 saturated carbocycles. The summed E-state index contributed by atoms with van der Waals surface area (Å²) >= 11 is 0. The highest BCUT2D eigenvalue weighted by molar-refractivity contribution is 6.73. The molecule has 1 aromatic rings. The quantitative estimate of drug-likeness (QED) is 0.583. The Morgan fingerprint density at radius 1 is 1.38 bits per heavy atom. The maximum Gasteiger partial charge on any atom is 0.338 e. The lowest BCUT2D eigenvalue weighted by Gasteiger charge is -2.04. The first-order valence-electron chi connectivity index (χ1n) is 4.80. The first-order chi connectivity index (χ1) is 7.67. The summed E-state index contributed by atoms with van der Waals surface area (Å²) in [5, 5.41) is 2.52. The van der Waals surface area contributed by atoms with Gasteiger partial charge in [0.2, 0.25) is 0 Å². The predicted molar refractivity (Wildman–Crippen MR) is 61.4 cm³/mol. The summed E-state index contributed by atoms with van der Waals surface area (Å²) in [6, 6.07) is 6.36. The molecule has 5 nitrogen and oxygen atoms in total. The average molecular weight is 219 g/mol. The number of benzene rings is 1. The topological polar surface area (TPSA) is 81.4 Å². The molecule has 1 aromatic carbocycles. The van der Waals surface area contributed by atoms with Gasteiger partial charge in [0.25, 0.3) is 0 Å². The molecule has 0 aromatic heterocycles. The molecule has 0 fully saturated rings. The highest BCUT2D eigenvalue weighted by Crippen LogP contribution is 2.10. The van der Waals surface area contributed by atoms with Crippen LogP contribution in [0.15, 0.2) is 24.3 Å². The Labute approximate surface area is 94.2 Å². The van der Waals surface area contributed by atoms with Crippen molar-refractivity contribution in [3.63, 3.8) is 0 Å². The van der Waals surface area contributed by atoms with Crippen molar-refractivity contribution in [1.29, 1.82) is 0 Å². The van der Waals surface area contributed by atoms with Gasteiger partial charge in [-0.15, -0.1) is 0 Å². The molecule has 83 valence electrons. The fourth-order valence-corrected chi connectivity index (χ4v) is 1.09. The largest absolute Gasteiger partial charge is 0.462 e. The molecule has 0 saturated heterocycles. The number of nitrogens with one attached hydrogen (secondary N) is 1. The number of esters is 1. The van der Waals surface area contributed by atoms with Crippen LogP contribution in [0.2, 0.25) is 0 Å². The molecule has 1 radical (unpaired) electrons. The lowest BCUT2D eigenvalue weighted by atomic mass is 9.96. The van der Waals surface area contributed by atoms with Crippen molar-refractivity contribution >= 4 is 24.9 Å². The van der Waals surface area contributed by atoms with Crippen LogP contribution in [-0.2, 0) is 4.74 Å². The third-order valence-electron chi connectivity index (χ3n) is 1.81. The van der Waals surface area contributed by atoms with Crippen LogP contribution in [0.3, 0.4) is 0 Å². The number of carbonyl (C=O) groups excluding carboxylic acids is 2. The standard InChI is InChI=1S/C10H12BN2O3/c1-2-16-9(14)7-3-5-8(6-4-7)13-10(15)11-12/h3-6H,2,12H2,1H3,(H,13,15). The van der Waals surface area contributed by atoms with Crippen molar-refractivity contribution in [3.05, 3.63) is 29.8 Å². The van der Waals surface area contributed by atoms with E-state index in [1.54, 1.807) is 31.2 Å². The number of carbonyl (C=O) groups is 2. The van der Waals surface area contributed by atoms with Gasteiger partial charge < -0.3 is 15.7 Å². The minimum Gasteiger partial charge on any atom is -0.462 e. The minimum absolute atomic E-state index is 0.333. The van der Waals surface area contributed by atoms with Crippen molar-refractivity contribution in [1.82, 2.24) is 0 Å². The van der Waals surface area contributed by atoms with E-state index < -0.39 is 5.81 Å². The smallest absolute Gasteiger partial charge is 0.338 e. The van der Waals surface area contributed by atoms with Crippen LogP contribution < -0.4 is 11.0 Å². The van der Waals surface area contributed by atoms with E-state index in [0.717, 1.165) is 7.41 Å². The van der Waals surface area contributed by atoms with Gasteiger partial charge in [-0.1, -0.05) is 0 Å². The Morgan fingerprint density at radius 3 is 2.50 bits per heavy atom. The lowest BCUT2D eigenvalue weighted by molar-refractivity contribution is 0.0526. The summed E-state index contributed by atoms with van der Waals surface area (Å²) in [6.07, 6.45) is 0. The summed E-state index contributed by atoms with van der Waals surface area (Å²) < 4.78 is 4.82. The van der Waals surface area contributed by atoms with Gasteiger partial charge >= 0.3 is 13.4 Å². The van der Waals surface area contributed by atoms with E-state index in [1.165, 1.54) is 0 Å². The summed E-state index contributed by atoms with van der Waals surface area (Å²) in [5.74, 6) is -0.783. The van der Waals surface area contributed by atoms with Gasteiger partial charge in [0.1, 0.15) is 0 Å². The zero-order valence-electron chi connectivity index (χ0n) is 8.90. The number of hydrogen-bond donors (Lipinski definition) is 2. The molecule has 0 heterocycles. The molecule has 0 atom stereocenters. The van der Waals surface area contributed by atoms with E-state index in [4.69, 9.17) is 10.4 Å². The predicted octanol–water partition coefficient (Wildman–Crippen LogP) is 0.973. The fourth-order valence-electron chi connectivity index (χ4n) is 1.09. The molecule has 0 unspecified atom stereocenters. The monoisotopic (exact) mass is 219 g/mol. The van der Waals surface area contributed by atoms with Crippen LogP contribution in [0.4, 0.5) is 10.5 Å². The van der Waals surface area contributed by atoms with E-state index in [1.807, 2.05) is 0 Å². The van der Waals surface area contributed by atoms with Crippen molar-refractivity contribution < 1.29 is 14.3 Å². The zero-order valence-corrected chi connectivity index (χ0v) is 8.90. The molecule has 0 aliphatic heterocycles. The maximum atomic E-state index is 11.3. The molecular weight excluding hydrogens is 207 g/mol. The number of amides is 1. The Morgan fingerprint density at radius 2 is 2.00 bits per heavy atom. The fraction of sp³-hybridized carbons (Fsp3) is 0.200. The average Bonchev–Trinajstić information content (AvgIpc) is 2.30. The van der Waals surface area contributed by atoms with Gasteiger partial charge in [-0.3, -0.25) is 4.79 Å². The van der Waals surface area contributed by atoms with Gasteiger partial charge in [0, 0.05) is 5.69 Å². The van der Waals surface area contributed by atoms with Gasteiger partial charge in [0.05, 0.1) is 12.2 Å². The first-order valence-corrected chi connectivity index (χ1v) is 4.80. The molecule has 3 N–H and O–H groups in total. The van der Waals surface area contributed by atoms with Gasteiger partial charge in [-0.2, -0.15) is 0 Å². The Hall–Kier alpha value is -1.82. The van der Waals surface area contributed by atoms with Crippen LogP contribution in [-0.4, -0.2) is 25.8 Å². The highest BCUT2D eigenvalue weighted by atomic mass is 16.5. The molecule has 0 bridgehead atoms. The normalized spacial score (nSPS) is 9.38. The van der Waals surface area contributed by atoms with Crippen molar-refractivity contribution in [2.24, 2.45) is 5.64 Å². The second kappa shape index (κ2) is 5.92. The number of ether oxygens (including phenoxy) is 1. The van der Waals surface area contributed by atoms with Gasteiger partial charge in [-0.25, -0.2) is 4.79 Å². The highest BCUT2D eigenvalue weighted by Gasteiger charge is 2.06. The molecule has 6 heteroatoms. The van der Waals surface area contributed by atoms with Crippen LogP contribution in [0.1, 0.15) is 17.3 Å². The number of hydrogen-bond acceptors (Lipinski definition) is 4. The van der Waals surface area contributed by atoms with Crippen molar-refractivity contribution in [2.75, 3.05) is 11.9 Å². The number of anilines is 1. The van der Waals surface area contributed by atoms with Crippen LogP contribution in [0.25, 0.3) is 0 Å². The minimum atomic E-state index is -0.399. The molecule has 1 rings (SSSR count). The summed E-state index contributed by atoms with van der Waals surface area (Å²) in [4.78, 5) is 22.2. The Balaban J connectivity index is 2.67. The van der Waals surface area contributed by atoms with Crippen LogP contribution in [0.5, 0.6) is 0 Å². The third-order valence-corrected chi connectivity index (χ3v) is 1.81. The van der Waals surface area contributed by atoms with Crippen LogP contribution in [0, 0.1) is 0 Å². The molecule has 1 amide bonds. The molecule has 16 heavy (non-hydrogen) atoms.